The van der Waals surface area contributed by atoms with Gasteiger partial charge in [-0.2, -0.15) is 18.4 Å². The Morgan fingerprint density at radius 1 is 1.52 bits per heavy atom. The highest BCUT2D eigenvalue weighted by Gasteiger charge is 2.29. The second-order valence-electron chi connectivity index (χ2n) is 4.54. The Hall–Kier alpha value is -2.47. The number of hydrogen-bond acceptors (Lipinski definition) is 6. The summed E-state index contributed by atoms with van der Waals surface area (Å²) in [5, 5.41) is 11.2. The van der Waals surface area contributed by atoms with Gasteiger partial charge in [0.05, 0.1) is 6.07 Å². The molecule has 23 heavy (non-hydrogen) atoms. The summed E-state index contributed by atoms with van der Waals surface area (Å²) in [7, 11) is 0. The van der Waals surface area contributed by atoms with Gasteiger partial charge in [-0.15, -0.1) is 11.3 Å². The molecule has 5 nitrogen and oxygen atoms in total. The zero-order chi connectivity index (χ0) is 17.0. The summed E-state index contributed by atoms with van der Waals surface area (Å²) < 4.78 is 40.9. The Morgan fingerprint density at radius 3 is 2.83 bits per heavy atom. The van der Waals surface area contributed by atoms with Crippen molar-refractivity contribution in [2.24, 2.45) is 0 Å². The molecule has 0 N–H and O–H groups in total. The van der Waals surface area contributed by atoms with Crippen LogP contribution < -0.4 is 4.74 Å². The molecule has 0 saturated heterocycles. The molecule has 0 fully saturated rings. The average molecular weight is 341 g/mol. The van der Waals surface area contributed by atoms with Gasteiger partial charge in [0.25, 0.3) is 0 Å². The van der Waals surface area contributed by atoms with Crippen molar-refractivity contribution in [2.45, 2.75) is 19.0 Å². The van der Waals surface area contributed by atoms with E-state index < -0.39 is 24.5 Å². The number of aromatic nitrogens is 2. The van der Waals surface area contributed by atoms with Crippen LogP contribution in [0.1, 0.15) is 27.0 Å². The minimum absolute atomic E-state index is 0.0385. The molecular weight excluding hydrogens is 331 g/mol. The summed E-state index contributed by atoms with van der Waals surface area (Å²) >= 11 is 1.17. The molecule has 0 bridgehead atoms. The van der Waals surface area contributed by atoms with Crippen molar-refractivity contribution in [1.29, 1.82) is 5.26 Å². The number of aryl methyl sites for hydroxylation is 1. The molecule has 0 radical (unpaired) electrons. The summed E-state index contributed by atoms with van der Waals surface area (Å²) in [6.07, 6.45) is -3.35. The number of carbonyl (C=O) groups is 1. The van der Waals surface area contributed by atoms with E-state index in [2.05, 4.69) is 14.7 Å². The number of pyridine rings is 1. The van der Waals surface area contributed by atoms with Crippen molar-refractivity contribution in [3.8, 4) is 11.9 Å². The Balaban J connectivity index is 2.20. The van der Waals surface area contributed by atoms with Crippen LogP contribution in [0.5, 0.6) is 5.88 Å². The molecule has 2 heterocycles. The second-order valence-corrected chi connectivity index (χ2v) is 5.43. The minimum Gasteiger partial charge on any atom is -0.468 e. The molecule has 120 valence electrons. The summed E-state index contributed by atoms with van der Waals surface area (Å²) in [6.45, 7) is 0.222. The molecule has 2 rings (SSSR count). The Bertz CT molecular complexity index is 752. The number of Topliss-reactive ketones (excluding diaryl/α,β-unsaturated/α-hetero) is 1. The normalized spacial score (nSPS) is 12.5. The van der Waals surface area contributed by atoms with Gasteiger partial charge in [-0.05, 0) is 13.0 Å². The van der Waals surface area contributed by atoms with Crippen LogP contribution >= 0.6 is 11.3 Å². The Labute approximate surface area is 133 Å². The highest BCUT2D eigenvalue weighted by atomic mass is 32.1. The minimum atomic E-state index is -4.50. The first kappa shape index (κ1) is 16.9. The van der Waals surface area contributed by atoms with Crippen molar-refractivity contribution in [1.82, 2.24) is 9.97 Å². The SMILES string of the molecule is Cc1csc([C@H](C#N)C(=O)c2ccnc(OCC(F)(F)F)c2)n1. The largest absolute Gasteiger partial charge is 0.468 e. The smallest absolute Gasteiger partial charge is 0.422 e. The maximum atomic E-state index is 12.4. The molecule has 0 aliphatic rings. The van der Waals surface area contributed by atoms with E-state index in [9.17, 15) is 23.2 Å². The number of nitrogens with zero attached hydrogens (tertiary/aromatic N) is 3. The fourth-order valence-electron chi connectivity index (χ4n) is 1.69. The van der Waals surface area contributed by atoms with Crippen LogP contribution in [0, 0.1) is 18.3 Å². The Kier molecular flexibility index (Phi) is 4.95. The van der Waals surface area contributed by atoms with Crippen LogP contribution in [-0.4, -0.2) is 28.5 Å². The third-order valence-electron chi connectivity index (χ3n) is 2.68. The molecule has 0 spiro atoms. The van der Waals surface area contributed by atoms with Crippen LogP contribution in [0.25, 0.3) is 0 Å². The lowest BCUT2D eigenvalue weighted by molar-refractivity contribution is -0.154. The van der Waals surface area contributed by atoms with E-state index in [0.29, 0.717) is 10.7 Å². The van der Waals surface area contributed by atoms with Gasteiger partial charge in [0.1, 0.15) is 5.01 Å². The van der Waals surface area contributed by atoms with Crippen LogP contribution in [0.3, 0.4) is 0 Å². The second kappa shape index (κ2) is 6.75. The van der Waals surface area contributed by atoms with Crippen molar-refractivity contribution >= 4 is 17.1 Å². The summed E-state index contributed by atoms with van der Waals surface area (Å²) in [5.41, 5.74) is 0.721. The van der Waals surface area contributed by atoms with E-state index in [4.69, 9.17) is 0 Å². The van der Waals surface area contributed by atoms with Gasteiger partial charge in [-0.25, -0.2) is 9.97 Å². The van der Waals surface area contributed by atoms with Gasteiger partial charge < -0.3 is 4.74 Å². The lowest BCUT2D eigenvalue weighted by atomic mass is 10.0. The number of hydrogen-bond donors (Lipinski definition) is 0. The van der Waals surface area contributed by atoms with Gasteiger partial charge >= 0.3 is 6.18 Å². The van der Waals surface area contributed by atoms with E-state index in [1.807, 2.05) is 6.07 Å². The van der Waals surface area contributed by atoms with Gasteiger partial charge in [0.2, 0.25) is 5.88 Å². The van der Waals surface area contributed by atoms with Crippen LogP contribution in [0.2, 0.25) is 0 Å². The van der Waals surface area contributed by atoms with Crippen LogP contribution in [0.15, 0.2) is 23.7 Å². The number of thiazole rings is 1. The molecule has 9 heteroatoms. The molecule has 0 aromatic carbocycles. The molecular formula is C14H10F3N3O2S. The first-order valence-corrected chi connectivity index (χ1v) is 7.19. The topological polar surface area (TPSA) is 75.9 Å². The number of carbonyl (C=O) groups excluding carboxylic acids is 1. The molecule has 2 aromatic rings. The predicted octanol–water partition coefficient (Wildman–Crippen LogP) is 3.28. The molecule has 0 aliphatic carbocycles. The van der Waals surface area contributed by atoms with Crippen molar-refractivity contribution < 1.29 is 22.7 Å². The lowest BCUT2D eigenvalue weighted by Gasteiger charge is -2.10. The molecule has 0 saturated carbocycles. The van der Waals surface area contributed by atoms with E-state index in [0.717, 1.165) is 12.3 Å². The fraction of sp³-hybridized carbons (Fsp3) is 0.286. The highest BCUT2D eigenvalue weighted by molar-refractivity contribution is 7.10. The van der Waals surface area contributed by atoms with Crippen LogP contribution in [-0.2, 0) is 0 Å². The first-order chi connectivity index (χ1) is 10.8. The van der Waals surface area contributed by atoms with Crippen LogP contribution in [0.4, 0.5) is 13.2 Å². The summed E-state index contributed by atoms with van der Waals surface area (Å²) in [4.78, 5) is 20.1. The number of ether oxygens (including phenoxy) is 1. The van der Waals surface area contributed by atoms with E-state index >= 15 is 0 Å². The fourth-order valence-corrected chi connectivity index (χ4v) is 2.53. The zero-order valence-electron chi connectivity index (χ0n) is 11.8. The Morgan fingerprint density at radius 2 is 2.26 bits per heavy atom. The summed E-state index contributed by atoms with van der Waals surface area (Å²) in [6, 6.07) is 4.26. The first-order valence-electron chi connectivity index (χ1n) is 6.31. The zero-order valence-corrected chi connectivity index (χ0v) is 12.6. The number of halogens is 3. The van der Waals surface area contributed by atoms with E-state index in [-0.39, 0.29) is 11.4 Å². The molecule has 2 aromatic heterocycles. The maximum Gasteiger partial charge on any atom is 0.422 e. The lowest BCUT2D eigenvalue weighted by Crippen LogP contribution is -2.20. The maximum absolute atomic E-state index is 12.4. The number of ketones is 1. The summed E-state index contributed by atoms with van der Waals surface area (Å²) in [5.74, 6) is -2.02. The monoisotopic (exact) mass is 341 g/mol. The highest BCUT2D eigenvalue weighted by Crippen LogP contribution is 2.25. The number of rotatable bonds is 5. The van der Waals surface area contributed by atoms with Gasteiger partial charge in [-0.3, -0.25) is 4.79 Å². The number of alkyl halides is 3. The van der Waals surface area contributed by atoms with E-state index in [1.54, 1.807) is 12.3 Å². The predicted molar refractivity (Wildman–Crippen MR) is 75.3 cm³/mol. The van der Waals surface area contributed by atoms with E-state index in [1.165, 1.54) is 17.4 Å². The molecule has 0 amide bonds. The average Bonchev–Trinajstić information content (AvgIpc) is 2.92. The van der Waals surface area contributed by atoms with Gasteiger partial charge in [0.15, 0.2) is 18.3 Å². The standard InChI is InChI=1S/C14H10F3N3O2S/c1-8-6-23-13(20-8)10(5-18)12(21)9-2-3-19-11(4-9)22-7-14(15,16)17/h2-4,6,10H,7H2,1H3/t10-/m1/s1. The third kappa shape index (κ3) is 4.50. The van der Waals surface area contributed by atoms with Gasteiger partial charge in [-0.1, -0.05) is 0 Å². The number of nitriles is 1. The van der Waals surface area contributed by atoms with Gasteiger partial charge in [0, 0.05) is 28.9 Å². The molecule has 1 atom stereocenters. The quantitative estimate of drug-likeness (QED) is 0.780. The van der Waals surface area contributed by atoms with Crippen molar-refractivity contribution in [3.05, 3.63) is 40.0 Å². The van der Waals surface area contributed by atoms with Crippen molar-refractivity contribution in [2.75, 3.05) is 6.61 Å². The third-order valence-corrected chi connectivity index (χ3v) is 3.71. The molecule has 0 unspecified atom stereocenters. The molecule has 0 aliphatic heterocycles. The van der Waals surface area contributed by atoms with Crippen molar-refractivity contribution in [3.63, 3.8) is 0 Å².